The molecule has 0 aromatic heterocycles. The van der Waals surface area contributed by atoms with E-state index in [1.54, 1.807) is 16.7 Å². The number of thioether (sulfide) groups is 1. The molecule has 3 nitrogen and oxygen atoms in total. The van der Waals surface area contributed by atoms with E-state index in [1.807, 2.05) is 44.6 Å². The van der Waals surface area contributed by atoms with Crippen LogP contribution >= 0.6 is 11.8 Å². The number of rotatable bonds is 6. The molecule has 0 bridgehead atoms. The molecule has 0 fully saturated rings. The molecule has 0 aliphatic carbocycles. The van der Waals surface area contributed by atoms with Crippen molar-refractivity contribution in [2.24, 2.45) is 0 Å². The lowest BCUT2D eigenvalue weighted by Gasteiger charge is -2.17. The van der Waals surface area contributed by atoms with Gasteiger partial charge in [0, 0.05) is 24.1 Å². The number of benzene rings is 1. The number of amides is 1. The molecule has 4 heteroatoms. The number of carbonyl (C=O) groups is 1. The molecule has 0 spiro atoms. The maximum Gasteiger partial charge on any atom is 0.253 e. The third-order valence-corrected chi connectivity index (χ3v) is 3.35. The van der Waals surface area contributed by atoms with E-state index in [1.165, 1.54) is 4.90 Å². The van der Waals surface area contributed by atoms with Gasteiger partial charge in [0.2, 0.25) is 0 Å². The second-order valence-corrected chi connectivity index (χ2v) is 4.79. The molecule has 0 radical (unpaired) electrons. The van der Waals surface area contributed by atoms with Crippen molar-refractivity contribution in [2.45, 2.75) is 11.3 Å². The van der Waals surface area contributed by atoms with Crippen LogP contribution in [0.1, 0.15) is 16.8 Å². The zero-order valence-electron chi connectivity index (χ0n) is 10.7. The number of hydrogen-bond acceptors (Lipinski definition) is 3. The second kappa shape index (κ2) is 7.35. The van der Waals surface area contributed by atoms with Crippen molar-refractivity contribution in [2.75, 3.05) is 33.4 Å². The van der Waals surface area contributed by atoms with Crippen LogP contribution in [0, 0.1) is 0 Å². The first-order valence-corrected chi connectivity index (χ1v) is 6.95. The average molecular weight is 252 g/mol. The van der Waals surface area contributed by atoms with Gasteiger partial charge in [0.25, 0.3) is 5.91 Å². The summed E-state index contributed by atoms with van der Waals surface area (Å²) in [4.78, 5) is 15.0. The van der Waals surface area contributed by atoms with Crippen molar-refractivity contribution >= 4 is 17.7 Å². The molecular weight excluding hydrogens is 232 g/mol. The van der Waals surface area contributed by atoms with Gasteiger partial charge in [-0.1, -0.05) is 0 Å². The molecule has 0 atom stereocenters. The molecule has 0 heterocycles. The monoisotopic (exact) mass is 252 g/mol. The predicted molar refractivity (Wildman–Crippen MR) is 73.7 cm³/mol. The third kappa shape index (κ3) is 4.40. The smallest absolute Gasteiger partial charge is 0.253 e. The summed E-state index contributed by atoms with van der Waals surface area (Å²) in [6.45, 7) is 1.72. The maximum absolute atomic E-state index is 12.0. The molecule has 1 rings (SSSR count). The fraction of sp³-hybridized carbons (Fsp3) is 0.462. The van der Waals surface area contributed by atoms with Crippen molar-refractivity contribution in [3.05, 3.63) is 29.8 Å². The Balaban J connectivity index is 2.55. The highest BCUT2D eigenvalue weighted by molar-refractivity contribution is 7.98. The summed E-state index contributed by atoms with van der Waals surface area (Å²) < 4.78 is 0. The first-order chi connectivity index (χ1) is 8.19. The molecule has 1 aromatic carbocycles. The van der Waals surface area contributed by atoms with Crippen molar-refractivity contribution in [1.82, 2.24) is 10.2 Å². The molecular formula is C13H20N2OS. The van der Waals surface area contributed by atoms with E-state index in [9.17, 15) is 4.79 Å². The summed E-state index contributed by atoms with van der Waals surface area (Å²) in [6.07, 6.45) is 3.00. The van der Waals surface area contributed by atoms with Crippen molar-refractivity contribution < 1.29 is 4.79 Å². The topological polar surface area (TPSA) is 32.3 Å². The Morgan fingerprint density at radius 3 is 2.53 bits per heavy atom. The predicted octanol–water partition coefficient (Wildman–Crippen LogP) is 2.09. The quantitative estimate of drug-likeness (QED) is 0.621. The van der Waals surface area contributed by atoms with Gasteiger partial charge in [0.15, 0.2) is 0 Å². The van der Waals surface area contributed by atoms with Gasteiger partial charge in [0.05, 0.1) is 0 Å². The molecule has 0 saturated carbocycles. The van der Waals surface area contributed by atoms with Crippen LogP contribution in [0.4, 0.5) is 0 Å². The van der Waals surface area contributed by atoms with Gasteiger partial charge in [-0.15, -0.1) is 11.8 Å². The van der Waals surface area contributed by atoms with Gasteiger partial charge in [0.1, 0.15) is 0 Å². The number of carbonyl (C=O) groups excluding carboxylic acids is 1. The minimum Gasteiger partial charge on any atom is -0.342 e. The Labute approximate surface area is 108 Å². The summed E-state index contributed by atoms with van der Waals surface area (Å²) in [5.41, 5.74) is 0.759. The Bertz CT molecular complexity index is 351. The van der Waals surface area contributed by atoms with Crippen LogP contribution in [-0.2, 0) is 0 Å². The molecule has 0 aliphatic heterocycles. The molecule has 1 N–H and O–H groups in total. The minimum atomic E-state index is 0.0914. The average Bonchev–Trinajstić information content (AvgIpc) is 2.38. The molecule has 17 heavy (non-hydrogen) atoms. The van der Waals surface area contributed by atoms with Crippen LogP contribution < -0.4 is 5.32 Å². The summed E-state index contributed by atoms with van der Waals surface area (Å²) >= 11 is 1.68. The molecule has 0 unspecified atom stereocenters. The lowest BCUT2D eigenvalue weighted by molar-refractivity contribution is 0.0793. The normalized spacial score (nSPS) is 10.3. The van der Waals surface area contributed by atoms with E-state index >= 15 is 0 Å². The third-order valence-electron chi connectivity index (χ3n) is 2.60. The summed E-state index contributed by atoms with van der Waals surface area (Å²) in [6, 6.07) is 7.75. The lowest BCUT2D eigenvalue weighted by atomic mass is 10.2. The van der Waals surface area contributed by atoms with E-state index < -0.39 is 0 Å². The van der Waals surface area contributed by atoms with Crippen LogP contribution in [-0.4, -0.2) is 44.2 Å². The molecule has 1 amide bonds. The van der Waals surface area contributed by atoms with Gasteiger partial charge in [-0.05, 0) is 50.5 Å². The Kier molecular flexibility index (Phi) is 6.08. The van der Waals surface area contributed by atoms with Crippen LogP contribution in [0.2, 0.25) is 0 Å². The first kappa shape index (κ1) is 14.1. The first-order valence-electron chi connectivity index (χ1n) is 5.73. The Morgan fingerprint density at radius 1 is 1.35 bits per heavy atom. The number of hydrogen-bond donors (Lipinski definition) is 1. The lowest BCUT2D eigenvalue weighted by Crippen LogP contribution is -2.29. The summed E-state index contributed by atoms with van der Waals surface area (Å²) in [5, 5.41) is 3.08. The zero-order chi connectivity index (χ0) is 12.7. The summed E-state index contributed by atoms with van der Waals surface area (Å²) in [5.74, 6) is 0.0914. The van der Waals surface area contributed by atoms with Crippen molar-refractivity contribution in [1.29, 1.82) is 0 Å². The maximum atomic E-state index is 12.0. The van der Waals surface area contributed by atoms with E-state index in [-0.39, 0.29) is 5.91 Å². The van der Waals surface area contributed by atoms with Crippen LogP contribution in [0.15, 0.2) is 29.2 Å². The second-order valence-electron chi connectivity index (χ2n) is 3.91. The molecule has 0 saturated heterocycles. The highest BCUT2D eigenvalue weighted by Gasteiger charge is 2.10. The number of nitrogens with one attached hydrogen (secondary N) is 1. The zero-order valence-corrected chi connectivity index (χ0v) is 11.5. The van der Waals surface area contributed by atoms with Crippen LogP contribution in [0.3, 0.4) is 0 Å². The van der Waals surface area contributed by atoms with E-state index in [4.69, 9.17) is 0 Å². The fourth-order valence-corrected chi connectivity index (χ4v) is 1.96. The largest absolute Gasteiger partial charge is 0.342 e. The van der Waals surface area contributed by atoms with Gasteiger partial charge in [-0.3, -0.25) is 4.79 Å². The molecule has 1 aromatic rings. The fourth-order valence-electron chi connectivity index (χ4n) is 1.55. The van der Waals surface area contributed by atoms with Crippen LogP contribution in [0.25, 0.3) is 0 Å². The van der Waals surface area contributed by atoms with E-state index in [0.717, 1.165) is 25.1 Å². The van der Waals surface area contributed by atoms with Crippen molar-refractivity contribution in [3.8, 4) is 0 Å². The van der Waals surface area contributed by atoms with E-state index in [2.05, 4.69) is 5.32 Å². The van der Waals surface area contributed by atoms with Gasteiger partial charge >= 0.3 is 0 Å². The summed E-state index contributed by atoms with van der Waals surface area (Å²) in [7, 11) is 3.77. The van der Waals surface area contributed by atoms with Gasteiger partial charge < -0.3 is 10.2 Å². The van der Waals surface area contributed by atoms with Gasteiger partial charge in [-0.2, -0.15) is 0 Å². The van der Waals surface area contributed by atoms with Crippen LogP contribution in [0.5, 0.6) is 0 Å². The SMILES string of the molecule is CNCCCN(C)C(=O)c1ccc(SC)cc1. The standard InChI is InChI=1S/C13H20N2OS/c1-14-9-4-10-15(2)13(16)11-5-7-12(17-3)8-6-11/h5-8,14H,4,9-10H2,1-3H3. The number of nitrogens with zero attached hydrogens (tertiary/aromatic N) is 1. The van der Waals surface area contributed by atoms with E-state index in [0.29, 0.717) is 0 Å². The Hall–Kier alpha value is -1.00. The van der Waals surface area contributed by atoms with Crippen molar-refractivity contribution in [3.63, 3.8) is 0 Å². The molecule has 94 valence electrons. The minimum absolute atomic E-state index is 0.0914. The van der Waals surface area contributed by atoms with Gasteiger partial charge in [-0.25, -0.2) is 0 Å². The highest BCUT2D eigenvalue weighted by atomic mass is 32.2. The highest BCUT2D eigenvalue weighted by Crippen LogP contribution is 2.15. The molecule has 0 aliphatic rings. The Morgan fingerprint density at radius 2 is 2.00 bits per heavy atom.